The summed E-state index contributed by atoms with van der Waals surface area (Å²) in [6.45, 7) is 7.81. The Labute approximate surface area is 141 Å². The molecule has 0 radical (unpaired) electrons. The van der Waals surface area contributed by atoms with Crippen LogP contribution in [0.2, 0.25) is 10.0 Å². The molecule has 0 amide bonds. The summed E-state index contributed by atoms with van der Waals surface area (Å²) in [4.78, 5) is 11.5. The van der Waals surface area contributed by atoms with Crippen molar-refractivity contribution in [3.8, 4) is 0 Å². The highest BCUT2D eigenvalue weighted by Crippen LogP contribution is 2.32. The third-order valence-corrected chi connectivity index (χ3v) is 4.04. The highest BCUT2D eigenvalue weighted by Gasteiger charge is 2.29. The first kappa shape index (κ1) is 17.3. The van der Waals surface area contributed by atoms with Crippen molar-refractivity contribution in [2.24, 2.45) is 0 Å². The second-order valence-electron chi connectivity index (χ2n) is 6.20. The fourth-order valence-electron chi connectivity index (χ4n) is 2.01. The van der Waals surface area contributed by atoms with Gasteiger partial charge < -0.3 is 0 Å². The molecule has 2 nitrogen and oxygen atoms in total. The van der Waals surface area contributed by atoms with Crippen LogP contribution in [0.1, 0.15) is 38.8 Å². The monoisotopic (exact) mass is 338 g/mol. The van der Waals surface area contributed by atoms with Gasteiger partial charge in [-0.05, 0) is 63.1 Å². The molecule has 0 saturated carbocycles. The van der Waals surface area contributed by atoms with E-state index in [1.807, 2.05) is 76.2 Å². The molecule has 22 heavy (non-hydrogen) atoms. The van der Waals surface area contributed by atoms with Crippen LogP contribution in [0.4, 0.5) is 0 Å². The lowest BCUT2D eigenvalue weighted by molar-refractivity contribution is -0.410. The molecule has 0 fully saturated rings. The van der Waals surface area contributed by atoms with Crippen molar-refractivity contribution in [1.82, 2.24) is 0 Å². The van der Waals surface area contributed by atoms with E-state index in [0.29, 0.717) is 10.0 Å². The Morgan fingerprint density at radius 1 is 0.591 bits per heavy atom. The van der Waals surface area contributed by atoms with Crippen LogP contribution in [0.25, 0.3) is 0 Å². The summed E-state index contributed by atoms with van der Waals surface area (Å²) < 4.78 is 0. The van der Waals surface area contributed by atoms with E-state index in [4.69, 9.17) is 33.0 Å². The maximum Gasteiger partial charge on any atom is 0.123 e. The van der Waals surface area contributed by atoms with E-state index >= 15 is 0 Å². The molecule has 118 valence electrons. The predicted molar refractivity (Wildman–Crippen MR) is 91.1 cm³/mol. The SMILES string of the molecule is CC(C)(OOC(C)(C)c1ccc(Cl)cc1)c1ccc(Cl)cc1. The number of hydrogen-bond acceptors (Lipinski definition) is 2. The van der Waals surface area contributed by atoms with Crippen molar-refractivity contribution in [3.05, 3.63) is 69.7 Å². The van der Waals surface area contributed by atoms with E-state index in [9.17, 15) is 0 Å². The van der Waals surface area contributed by atoms with Crippen molar-refractivity contribution >= 4 is 23.2 Å². The molecule has 0 saturated heterocycles. The minimum atomic E-state index is -0.589. The molecule has 0 bridgehead atoms. The summed E-state index contributed by atoms with van der Waals surface area (Å²) in [6.07, 6.45) is 0. The Morgan fingerprint density at radius 2 is 0.864 bits per heavy atom. The molecule has 2 rings (SSSR count). The number of halogens is 2. The topological polar surface area (TPSA) is 18.5 Å². The minimum Gasteiger partial charge on any atom is -0.225 e. The Kier molecular flexibility index (Phi) is 5.18. The van der Waals surface area contributed by atoms with Crippen molar-refractivity contribution in [3.63, 3.8) is 0 Å². The smallest absolute Gasteiger partial charge is 0.123 e. The Morgan fingerprint density at radius 3 is 1.14 bits per heavy atom. The molecule has 2 aromatic rings. The van der Waals surface area contributed by atoms with Gasteiger partial charge in [-0.3, -0.25) is 0 Å². The fourth-order valence-corrected chi connectivity index (χ4v) is 2.26. The van der Waals surface area contributed by atoms with E-state index < -0.39 is 11.2 Å². The highest BCUT2D eigenvalue weighted by atomic mass is 35.5. The molecule has 0 unspecified atom stereocenters. The maximum absolute atomic E-state index is 5.92. The van der Waals surface area contributed by atoms with Gasteiger partial charge in [-0.2, -0.15) is 0 Å². The van der Waals surface area contributed by atoms with Gasteiger partial charge in [0.25, 0.3) is 0 Å². The molecular weight excluding hydrogens is 319 g/mol. The Balaban J connectivity index is 2.10. The third kappa shape index (κ3) is 4.23. The molecule has 2 aromatic carbocycles. The summed E-state index contributed by atoms with van der Waals surface area (Å²) in [5.74, 6) is 0. The Hall–Kier alpha value is -1.06. The van der Waals surface area contributed by atoms with Crippen LogP contribution in [-0.2, 0) is 21.0 Å². The second-order valence-corrected chi connectivity index (χ2v) is 7.07. The maximum atomic E-state index is 5.92. The van der Waals surface area contributed by atoms with E-state index in [2.05, 4.69) is 0 Å². The molecule has 4 heteroatoms. The number of rotatable bonds is 5. The minimum absolute atomic E-state index is 0.589. The van der Waals surface area contributed by atoms with E-state index in [0.717, 1.165) is 11.1 Å². The third-order valence-electron chi connectivity index (χ3n) is 3.54. The van der Waals surface area contributed by atoms with Crippen molar-refractivity contribution < 1.29 is 9.78 Å². The van der Waals surface area contributed by atoms with Gasteiger partial charge in [0.15, 0.2) is 0 Å². The molecule has 0 aromatic heterocycles. The predicted octanol–water partition coefficient (Wildman–Crippen LogP) is 6.11. The second kappa shape index (κ2) is 6.59. The summed E-state index contributed by atoms with van der Waals surface area (Å²) in [5, 5.41) is 1.39. The van der Waals surface area contributed by atoms with Crippen molar-refractivity contribution in [2.45, 2.75) is 38.9 Å². The van der Waals surface area contributed by atoms with Gasteiger partial charge in [-0.1, -0.05) is 47.5 Å². The normalized spacial score (nSPS) is 12.5. The van der Waals surface area contributed by atoms with Gasteiger partial charge in [-0.15, -0.1) is 0 Å². The van der Waals surface area contributed by atoms with Gasteiger partial charge in [0.2, 0.25) is 0 Å². The first-order valence-corrected chi connectivity index (χ1v) is 7.85. The lowest BCUT2D eigenvalue weighted by Gasteiger charge is -2.31. The van der Waals surface area contributed by atoms with Crippen LogP contribution in [-0.4, -0.2) is 0 Å². The zero-order valence-corrected chi connectivity index (χ0v) is 14.7. The summed E-state index contributed by atoms with van der Waals surface area (Å²) in [7, 11) is 0. The molecule has 0 heterocycles. The molecule has 0 aliphatic carbocycles. The van der Waals surface area contributed by atoms with Crippen LogP contribution in [0, 0.1) is 0 Å². The standard InChI is InChI=1S/C18H20Cl2O2/c1-17(2,13-5-9-15(19)10-6-13)21-22-18(3,4)14-7-11-16(20)12-8-14/h5-12H,1-4H3. The first-order valence-electron chi connectivity index (χ1n) is 7.10. The van der Waals surface area contributed by atoms with Crippen LogP contribution < -0.4 is 0 Å². The lowest BCUT2D eigenvalue weighted by atomic mass is 9.98. The fraction of sp³-hybridized carbons (Fsp3) is 0.333. The molecule has 0 aliphatic heterocycles. The quantitative estimate of drug-likeness (QED) is 0.483. The highest BCUT2D eigenvalue weighted by molar-refractivity contribution is 6.30. The van der Waals surface area contributed by atoms with E-state index in [-0.39, 0.29) is 0 Å². The first-order chi connectivity index (χ1) is 10.2. The van der Waals surface area contributed by atoms with E-state index in [1.54, 1.807) is 0 Å². The van der Waals surface area contributed by atoms with Crippen LogP contribution in [0.3, 0.4) is 0 Å². The lowest BCUT2D eigenvalue weighted by Crippen LogP contribution is -2.29. The zero-order valence-electron chi connectivity index (χ0n) is 13.2. The molecule has 0 spiro atoms. The molecule has 0 atom stereocenters. The van der Waals surface area contributed by atoms with Crippen molar-refractivity contribution in [1.29, 1.82) is 0 Å². The largest absolute Gasteiger partial charge is 0.225 e. The van der Waals surface area contributed by atoms with Crippen LogP contribution >= 0.6 is 23.2 Å². The average molecular weight is 339 g/mol. The number of hydrogen-bond donors (Lipinski definition) is 0. The van der Waals surface area contributed by atoms with Gasteiger partial charge in [0.1, 0.15) is 11.2 Å². The summed E-state index contributed by atoms with van der Waals surface area (Å²) in [5.41, 5.74) is 0.801. The van der Waals surface area contributed by atoms with Gasteiger partial charge >= 0.3 is 0 Å². The van der Waals surface area contributed by atoms with Crippen LogP contribution in [0.15, 0.2) is 48.5 Å². The average Bonchev–Trinajstić information content (AvgIpc) is 2.46. The molecule has 0 N–H and O–H groups in total. The zero-order chi connectivity index (χ0) is 16.4. The van der Waals surface area contributed by atoms with Gasteiger partial charge in [0, 0.05) is 10.0 Å². The van der Waals surface area contributed by atoms with E-state index in [1.165, 1.54) is 0 Å². The summed E-state index contributed by atoms with van der Waals surface area (Å²) >= 11 is 11.8. The van der Waals surface area contributed by atoms with Crippen LogP contribution in [0.5, 0.6) is 0 Å². The Bertz CT molecular complexity index is 559. The van der Waals surface area contributed by atoms with Gasteiger partial charge in [0.05, 0.1) is 0 Å². The molecule has 0 aliphatic rings. The molecular formula is C18H20Cl2O2. The number of benzene rings is 2. The summed E-state index contributed by atoms with van der Waals surface area (Å²) in [6, 6.07) is 15.1. The van der Waals surface area contributed by atoms with Crippen molar-refractivity contribution in [2.75, 3.05) is 0 Å². The van der Waals surface area contributed by atoms with Gasteiger partial charge in [-0.25, -0.2) is 9.78 Å².